The monoisotopic (exact) mass is 298 g/mol. The van der Waals surface area contributed by atoms with Crippen LogP contribution in [0.5, 0.6) is 5.75 Å². The summed E-state index contributed by atoms with van der Waals surface area (Å²) in [5.74, 6) is -15.6. The second-order valence-corrected chi connectivity index (χ2v) is 3.62. The molecule has 0 aliphatic carbocycles. The van der Waals surface area contributed by atoms with Crippen molar-refractivity contribution in [2.45, 2.75) is 19.3 Å². The van der Waals surface area contributed by atoms with Crippen LogP contribution < -0.4 is 4.74 Å². The summed E-state index contributed by atoms with van der Waals surface area (Å²) in [6, 6.07) is 0. The van der Waals surface area contributed by atoms with Crippen LogP contribution in [-0.2, 0) is 9.59 Å². The van der Waals surface area contributed by atoms with E-state index in [4.69, 9.17) is 5.11 Å². The van der Waals surface area contributed by atoms with E-state index in [1.54, 1.807) is 0 Å². The number of rotatable bonds is 5. The Kier molecular flexibility index (Phi) is 5.00. The predicted molar refractivity (Wildman–Crippen MR) is 53.4 cm³/mol. The molecule has 20 heavy (non-hydrogen) atoms. The molecule has 1 rings (SSSR count). The van der Waals surface area contributed by atoms with Crippen LogP contribution >= 0.6 is 0 Å². The van der Waals surface area contributed by atoms with Crippen LogP contribution in [0.2, 0.25) is 0 Å². The zero-order chi connectivity index (χ0) is 15.4. The molecule has 0 atom stereocenters. The number of hydrogen-bond acceptors (Lipinski definition) is 3. The number of benzene rings is 1. The van der Waals surface area contributed by atoms with Gasteiger partial charge in [-0.3, -0.25) is 9.59 Å². The van der Waals surface area contributed by atoms with Crippen LogP contribution in [0.25, 0.3) is 0 Å². The van der Waals surface area contributed by atoms with Gasteiger partial charge in [-0.25, -0.2) is 13.2 Å². The van der Waals surface area contributed by atoms with Gasteiger partial charge in [0.15, 0.2) is 0 Å². The molecule has 4 nitrogen and oxygen atoms in total. The Bertz CT molecular complexity index is 529. The molecule has 0 aliphatic heterocycles. The Morgan fingerprint density at radius 2 is 1.30 bits per heavy atom. The van der Waals surface area contributed by atoms with Crippen molar-refractivity contribution >= 4 is 11.9 Å². The minimum Gasteiger partial charge on any atom is -0.481 e. The summed E-state index contributed by atoms with van der Waals surface area (Å²) in [6.45, 7) is 0. The number of esters is 1. The van der Waals surface area contributed by atoms with Gasteiger partial charge in [-0.15, -0.1) is 0 Å². The molecule has 0 saturated carbocycles. The smallest absolute Gasteiger partial charge is 0.311 e. The average Bonchev–Trinajstić information content (AvgIpc) is 2.39. The number of carboxylic acid groups (broad SMARTS) is 1. The minimum absolute atomic E-state index is 0.205. The van der Waals surface area contributed by atoms with Crippen LogP contribution in [0.1, 0.15) is 19.3 Å². The van der Waals surface area contributed by atoms with E-state index in [0.717, 1.165) is 0 Å². The number of hydrogen-bond donors (Lipinski definition) is 1. The van der Waals surface area contributed by atoms with Crippen molar-refractivity contribution in [1.29, 1.82) is 0 Å². The normalized spacial score (nSPS) is 10.4. The van der Waals surface area contributed by atoms with Crippen molar-refractivity contribution in [2.24, 2.45) is 0 Å². The van der Waals surface area contributed by atoms with Crippen LogP contribution in [0.4, 0.5) is 22.0 Å². The maximum Gasteiger partial charge on any atom is 0.311 e. The number of carboxylic acids is 1. The van der Waals surface area contributed by atoms with E-state index in [1.165, 1.54) is 0 Å². The standard InChI is InChI=1S/C11H7F5O4/c12-6-7(13)9(15)11(10(16)8(6)14)20-5(19)3-1-2-4(17)18/h1-3H2,(H,17,18). The molecule has 0 bridgehead atoms. The molecular weight excluding hydrogens is 291 g/mol. The first-order valence-corrected chi connectivity index (χ1v) is 5.19. The summed E-state index contributed by atoms with van der Waals surface area (Å²) in [6.07, 6.45) is -1.17. The van der Waals surface area contributed by atoms with Crippen LogP contribution in [0, 0.1) is 29.1 Å². The number of carbonyl (C=O) groups is 2. The molecule has 0 fully saturated rings. The molecule has 0 aliphatic rings. The SMILES string of the molecule is O=C(O)CCCC(=O)Oc1c(F)c(F)c(F)c(F)c1F. The summed E-state index contributed by atoms with van der Waals surface area (Å²) in [4.78, 5) is 21.3. The molecule has 110 valence electrons. The Labute approximate surface area is 108 Å². The number of ether oxygens (including phenoxy) is 1. The summed E-state index contributed by atoms with van der Waals surface area (Å²) in [5, 5.41) is 8.29. The van der Waals surface area contributed by atoms with Gasteiger partial charge in [0, 0.05) is 12.8 Å². The number of halogens is 5. The van der Waals surface area contributed by atoms with E-state index in [1.807, 2.05) is 0 Å². The first-order chi connectivity index (χ1) is 9.25. The maximum atomic E-state index is 13.1. The molecule has 0 saturated heterocycles. The first kappa shape index (κ1) is 15.9. The van der Waals surface area contributed by atoms with Gasteiger partial charge in [0.05, 0.1) is 0 Å². The van der Waals surface area contributed by atoms with Gasteiger partial charge in [0.1, 0.15) is 0 Å². The number of carbonyl (C=O) groups excluding carboxylic acids is 1. The van der Waals surface area contributed by atoms with Crippen molar-refractivity contribution in [3.63, 3.8) is 0 Å². The molecule has 0 heterocycles. The zero-order valence-corrected chi connectivity index (χ0v) is 9.68. The number of aliphatic carboxylic acids is 1. The molecule has 0 radical (unpaired) electrons. The molecule has 1 N–H and O–H groups in total. The fourth-order valence-corrected chi connectivity index (χ4v) is 1.22. The van der Waals surface area contributed by atoms with Gasteiger partial charge in [-0.05, 0) is 6.42 Å². The molecule has 0 amide bonds. The van der Waals surface area contributed by atoms with E-state index in [9.17, 15) is 31.5 Å². The Morgan fingerprint density at radius 3 is 1.75 bits per heavy atom. The molecule has 9 heteroatoms. The summed E-state index contributed by atoms with van der Waals surface area (Å²) >= 11 is 0. The van der Waals surface area contributed by atoms with Gasteiger partial charge >= 0.3 is 11.9 Å². The maximum absolute atomic E-state index is 13.1. The third kappa shape index (κ3) is 3.43. The van der Waals surface area contributed by atoms with E-state index in [2.05, 4.69) is 4.74 Å². The predicted octanol–water partition coefficient (Wildman–Crippen LogP) is 2.54. The lowest BCUT2D eigenvalue weighted by Crippen LogP contribution is -2.13. The second-order valence-electron chi connectivity index (χ2n) is 3.62. The highest BCUT2D eigenvalue weighted by atomic mass is 19.2. The third-order valence-corrected chi connectivity index (χ3v) is 2.16. The molecule has 0 aromatic heterocycles. The summed E-state index contributed by atoms with van der Waals surface area (Å²) < 4.78 is 68.5. The van der Waals surface area contributed by atoms with Crippen LogP contribution in [0.3, 0.4) is 0 Å². The van der Waals surface area contributed by atoms with E-state index in [-0.39, 0.29) is 6.42 Å². The highest BCUT2D eigenvalue weighted by molar-refractivity contribution is 5.73. The largest absolute Gasteiger partial charge is 0.481 e. The van der Waals surface area contributed by atoms with Crippen LogP contribution in [0.15, 0.2) is 0 Å². The quantitative estimate of drug-likeness (QED) is 0.298. The third-order valence-electron chi connectivity index (χ3n) is 2.16. The highest BCUT2D eigenvalue weighted by Gasteiger charge is 2.28. The highest BCUT2D eigenvalue weighted by Crippen LogP contribution is 2.29. The first-order valence-electron chi connectivity index (χ1n) is 5.19. The van der Waals surface area contributed by atoms with Crippen molar-refractivity contribution in [2.75, 3.05) is 0 Å². The molecule has 0 spiro atoms. The van der Waals surface area contributed by atoms with Gasteiger partial charge in [-0.2, -0.15) is 8.78 Å². The van der Waals surface area contributed by atoms with E-state index >= 15 is 0 Å². The summed E-state index contributed by atoms with van der Waals surface area (Å²) in [5.41, 5.74) is 0. The average molecular weight is 298 g/mol. The van der Waals surface area contributed by atoms with E-state index < -0.39 is 59.6 Å². The van der Waals surface area contributed by atoms with Crippen molar-refractivity contribution < 1.29 is 41.4 Å². The van der Waals surface area contributed by atoms with E-state index in [0.29, 0.717) is 0 Å². The topological polar surface area (TPSA) is 63.6 Å². The molecular formula is C11H7F5O4. The molecule has 1 aromatic carbocycles. The Morgan fingerprint density at radius 1 is 0.850 bits per heavy atom. The van der Waals surface area contributed by atoms with Crippen molar-refractivity contribution in [3.8, 4) is 5.75 Å². The summed E-state index contributed by atoms with van der Waals surface area (Å²) in [7, 11) is 0. The molecule has 0 unspecified atom stereocenters. The van der Waals surface area contributed by atoms with Gasteiger partial charge in [0.2, 0.25) is 34.8 Å². The fourth-order valence-electron chi connectivity index (χ4n) is 1.22. The second kappa shape index (κ2) is 6.31. The Hall–Kier alpha value is -2.19. The Balaban J connectivity index is 2.88. The van der Waals surface area contributed by atoms with Gasteiger partial charge in [-0.1, -0.05) is 0 Å². The lowest BCUT2D eigenvalue weighted by molar-refractivity contribution is -0.137. The minimum atomic E-state index is -2.37. The lowest BCUT2D eigenvalue weighted by atomic mass is 10.2. The van der Waals surface area contributed by atoms with Crippen molar-refractivity contribution in [3.05, 3.63) is 29.1 Å². The van der Waals surface area contributed by atoms with Gasteiger partial charge in [0.25, 0.3) is 0 Å². The van der Waals surface area contributed by atoms with Crippen molar-refractivity contribution in [1.82, 2.24) is 0 Å². The lowest BCUT2D eigenvalue weighted by Gasteiger charge is -2.08. The fraction of sp³-hybridized carbons (Fsp3) is 0.273. The zero-order valence-electron chi connectivity index (χ0n) is 9.68. The van der Waals surface area contributed by atoms with Gasteiger partial charge < -0.3 is 9.84 Å². The van der Waals surface area contributed by atoms with Crippen LogP contribution in [-0.4, -0.2) is 17.0 Å². The molecule has 1 aromatic rings.